The summed E-state index contributed by atoms with van der Waals surface area (Å²) in [6.45, 7) is 2.00. The minimum atomic E-state index is -0.466. The van der Waals surface area contributed by atoms with Crippen LogP contribution in [0.5, 0.6) is 5.75 Å². The van der Waals surface area contributed by atoms with Gasteiger partial charge in [-0.15, -0.1) is 11.3 Å². The molecule has 0 saturated carbocycles. The lowest BCUT2D eigenvalue weighted by Crippen LogP contribution is -2.14. The Morgan fingerprint density at radius 3 is 2.22 bits per heavy atom. The molecule has 0 atom stereocenters. The lowest BCUT2D eigenvalue weighted by Gasteiger charge is -2.10. The van der Waals surface area contributed by atoms with Crippen molar-refractivity contribution in [2.75, 3.05) is 19.0 Å². The third kappa shape index (κ3) is 5.10. The average molecular weight is 508 g/mol. The van der Waals surface area contributed by atoms with Crippen LogP contribution in [0.15, 0.2) is 96.4 Å². The summed E-state index contributed by atoms with van der Waals surface area (Å²) in [4.78, 5) is 26.2. The Labute approximate surface area is 219 Å². The molecule has 5 rings (SSSR count). The zero-order valence-corrected chi connectivity index (χ0v) is 21.3. The summed E-state index contributed by atoms with van der Waals surface area (Å²) in [6, 6.07) is 29.3. The maximum absolute atomic E-state index is 13.2. The molecule has 1 heterocycles. The first-order valence-electron chi connectivity index (χ1n) is 11.9. The number of thiophene rings is 1. The van der Waals surface area contributed by atoms with Crippen LogP contribution >= 0.6 is 11.3 Å². The number of fused-ring (bicyclic) bond motifs is 1. The Hall–Kier alpha value is -4.42. The van der Waals surface area contributed by atoms with Gasteiger partial charge in [-0.25, -0.2) is 4.79 Å². The zero-order chi connectivity index (χ0) is 25.8. The van der Waals surface area contributed by atoms with E-state index in [1.54, 1.807) is 20.1 Å². The summed E-state index contributed by atoms with van der Waals surface area (Å²) >= 11 is 1.31. The van der Waals surface area contributed by atoms with E-state index in [4.69, 9.17) is 9.47 Å². The molecule has 1 N–H and O–H groups in total. The average Bonchev–Trinajstić information content (AvgIpc) is 3.36. The third-order valence-corrected chi connectivity index (χ3v) is 7.01. The van der Waals surface area contributed by atoms with Crippen molar-refractivity contribution in [3.8, 4) is 28.0 Å². The lowest BCUT2D eigenvalue weighted by atomic mass is 9.99. The van der Waals surface area contributed by atoms with E-state index in [9.17, 15) is 9.59 Å². The highest BCUT2D eigenvalue weighted by molar-refractivity contribution is 7.15. The van der Waals surface area contributed by atoms with E-state index >= 15 is 0 Å². The predicted octanol–water partition coefficient (Wildman–Crippen LogP) is 7.67. The summed E-state index contributed by atoms with van der Waals surface area (Å²) in [7, 11) is 1.62. The second-order valence-electron chi connectivity index (χ2n) is 8.40. The van der Waals surface area contributed by atoms with Crippen molar-refractivity contribution < 1.29 is 19.1 Å². The Morgan fingerprint density at radius 1 is 0.811 bits per heavy atom. The molecule has 0 aliphatic carbocycles. The van der Waals surface area contributed by atoms with Crippen LogP contribution in [0, 0.1) is 0 Å². The van der Waals surface area contributed by atoms with Crippen molar-refractivity contribution in [2.24, 2.45) is 0 Å². The van der Waals surface area contributed by atoms with E-state index < -0.39 is 5.97 Å². The van der Waals surface area contributed by atoms with Crippen molar-refractivity contribution in [1.29, 1.82) is 0 Å². The quantitative estimate of drug-likeness (QED) is 0.230. The molecule has 0 spiro atoms. The second kappa shape index (κ2) is 10.7. The van der Waals surface area contributed by atoms with Crippen LogP contribution < -0.4 is 10.1 Å². The first-order valence-corrected chi connectivity index (χ1v) is 12.8. The van der Waals surface area contributed by atoms with Crippen LogP contribution in [0.2, 0.25) is 0 Å². The van der Waals surface area contributed by atoms with Gasteiger partial charge in [0.2, 0.25) is 0 Å². The minimum absolute atomic E-state index is 0.239. The highest BCUT2D eigenvalue weighted by Gasteiger charge is 2.23. The van der Waals surface area contributed by atoms with Gasteiger partial charge < -0.3 is 14.8 Å². The molecule has 0 bridgehead atoms. The fourth-order valence-corrected chi connectivity index (χ4v) is 5.16. The van der Waals surface area contributed by atoms with E-state index in [1.807, 2.05) is 78.2 Å². The van der Waals surface area contributed by atoms with Gasteiger partial charge in [-0.05, 0) is 58.7 Å². The predicted molar refractivity (Wildman–Crippen MR) is 150 cm³/mol. The summed E-state index contributed by atoms with van der Waals surface area (Å²) in [5.74, 6) is -0.00502. The minimum Gasteiger partial charge on any atom is -0.497 e. The molecule has 0 saturated heterocycles. The Kier molecular flexibility index (Phi) is 7.01. The van der Waals surface area contributed by atoms with Crippen molar-refractivity contribution in [2.45, 2.75) is 6.92 Å². The number of benzene rings is 4. The maximum Gasteiger partial charge on any atom is 0.341 e. The summed E-state index contributed by atoms with van der Waals surface area (Å²) in [5, 5.41) is 7.17. The summed E-state index contributed by atoms with van der Waals surface area (Å²) in [5.41, 5.74) is 4.66. The van der Waals surface area contributed by atoms with Crippen LogP contribution in [0.1, 0.15) is 27.6 Å². The molecule has 6 heteroatoms. The van der Waals surface area contributed by atoms with E-state index in [-0.39, 0.29) is 12.5 Å². The van der Waals surface area contributed by atoms with Gasteiger partial charge in [-0.2, -0.15) is 0 Å². The van der Waals surface area contributed by atoms with Crippen LogP contribution in [0.3, 0.4) is 0 Å². The molecule has 0 aliphatic rings. The Morgan fingerprint density at radius 2 is 1.49 bits per heavy atom. The number of nitrogens with one attached hydrogen (secondary N) is 1. The fourth-order valence-electron chi connectivity index (χ4n) is 4.21. The van der Waals surface area contributed by atoms with Crippen LogP contribution in [0.25, 0.3) is 33.0 Å². The highest BCUT2D eigenvalue weighted by Crippen LogP contribution is 2.37. The van der Waals surface area contributed by atoms with Crippen LogP contribution in [-0.4, -0.2) is 25.6 Å². The SMILES string of the molecule is CCOC(=O)c1c(-c2ccc(-c3ccccc3)cc2)csc1NC(=O)c1ccc2cc(OC)ccc2c1. The number of ether oxygens (including phenoxy) is 2. The van der Waals surface area contributed by atoms with Crippen LogP contribution in [-0.2, 0) is 4.74 Å². The Bertz CT molecular complexity index is 1570. The van der Waals surface area contributed by atoms with Gasteiger partial charge in [0.05, 0.1) is 13.7 Å². The number of hydrogen-bond acceptors (Lipinski definition) is 5. The first-order chi connectivity index (χ1) is 18.1. The number of methoxy groups -OCH3 is 1. The standard InChI is InChI=1S/C31H25NO4S/c1-3-36-31(34)28-27(22-11-9-21(10-12-22)20-7-5-4-6-8-20)19-37-30(28)32-29(33)25-14-13-24-18-26(35-2)16-15-23(24)17-25/h4-19H,3H2,1-2H3,(H,32,33). The molecule has 4 aromatic carbocycles. The molecule has 0 radical (unpaired) electrons. The number of amides is 1. The van der Waals surface area contributed by atoms with Gasteiger partial charge in [-0.1, -0.05) is 66.7 Å². The topological polar surface area (TPSA) is 64.6 Å². The van der Waals surface area contributed by atoms with E-state index in [0.29, 0.717) is 16.1 Å². The molecule has 0 aliphatic heterocycles. The number of carbonyl (C=O) groups excluding carboxylic acids is 2. The zero-order valence-electron chi connectivity index (χ0n) is 20.5. The van der Waals surface area contributed by atoms with Gasteiger partial charge in [0.1, 0.15) is 16.3 Å². The van der Waals surface area contributed by atoms with E-state index in [2.05, 4.69) is 17.4 Å². The smallest absolute Gasteiger partial charge is 0.341 e. The fraction of sp³-hybridized carbons (Fsp3) is 0.0968. The van der Waals surface area contributed by atoms with Crippen molar-refractivity contribution >= 4 is 39.0 Å². The van der Waals surface area contributed by atoms with Gasteiger partial charge in [0.15, 0.2) is 0 Å². The number of anilines is 1. The maximum atomic E-state index is 13.2. The molecule has 1 amide bonds. The van der Waals surface area contributed by atoms with Gasteiger partial charge in [-0.3, -0.25) is 4.79 Å². The summed E-state index contributed by atoms with van der Waals surface area (Å²) < 4.78 is 10.6. The van der Waals surface area contributed by atoms with Crippen molar-refractivity contribution in [3.05, 3.63) is 108 Å². The molecule has 0 fully saturated rings. The van der Waals surface area contributed by atoms with Crippen molar-refractivity contribution in [1.82, 2.24) is 0 Å². The highest BCUT2D eigenvalue weighted by atomic mass is 32.1. The molecule has 1 aromatic heterocycles. The largest absolute Gasteiger partial charge is 0.497 e. The molecular weight excluding hydrogens is 482 g/mol. The number of rotatable bonds is 7. The van der Waals surface area contributed by atoms with Crippen molar-refractivity contribution in [3.63, 3.8) is 0 Å². The second-order valence-corrected chi connectivity index (χ2v) is 9.28. The van der Waals surface area contributed by atoms with Gasteiger partial charge in [0, 0.05) is 16.5 Å². The third-order valence-electron chi connectivity index (χ3n) is 6.11. The normalized spacial score (nSPS) is 10.8. The molecule has 37 heavy (non-hydrogen) atoms. The van der Waals surface area contributed by atoms with Crippen LogP contribution in [0.4, 0.5) is 5.00 Å². The van der Waals surface area contributed by atoms with E-state index in [0.717, 1.165) is 38.8 Å². The molecular formula is C31H25NO4S. The number of esters is 1. The molecule has 5 nitrogen and oxygen atoms in total. The van der Waals surface area contributed by atoms with E-state index in [1.165, 1.54) is 11.3 Å². The molecule has 0 unspecified atom stereocenters. The Balaban J connectivity index is 1.45. The number of hydrogen-bond donors (Lipinski definition) is 1. The summed E-state index contributed by atoms with van der Waals surface area (Å²) in [6.07, 6.45) is 0. The number of carbonyl (C=O) groups is 2. The van der Waals surface area contributed by atoms with Gasteiger partial charge in [0.25, 0.3) is 5.91 Å². The van der Waals surface area contributed by atoms with Gasteiger partial charge >= 0.3 is 5.97 Å². The molecule has 5 aromatic rings. The lowest BCUT2D eigenvalue weighted by molar-refractivity contribution is 0.0529. The molecule has 184 valence electrons. The first kappa shape index (κ1) is 24.3. The monoisotopic (exact) mass is 507 g/mol.